The molecule has 0 radical (unpaired) electrons. The van der Waals surface area contributed by atoms with Crippen molar-refractivity contribution in [2.75, 3.05) is 13.3 Å². The fourth-order valence-electron chi connectivity index (χ4n) is 2.67. The van der Waals surface area contributed by atoms with Gasteiger partial charge < -0.3 is 24.3 Å². The molecule has 2 N–H and O–H groups in total. The van der Waals surface area contributed by atoms with Gasteiger partial charge in [-0.25, -0.2) is 0 Å². The molecule has 3 heterocycles. The third kappa shape index (κ3) is 2.88. The third-order valence-corrected chi connectivity index (χ3v) is 5.02. The van der Waals surface area contributed by atoms with E-state index in [4.69, 9.17) is 13.9 Å². The molecule has 0 saturated carbocycles. The molecule has 25 heavy (non-hydrogen) atoms. The van der Waals surface area contributed by atoms with Crippen LogP contribution in [0.5, 0.6) is 11.5 Å². The lowest BCUT2D eigenvalue weighted by Crippen LogP contribution is -2.41. The van der Waals surface area contributed by atoms with Crippen LogP contribution in [-0.2, 0) is 5.60 Å². The SMILES string of the molecule is O=C(NC[C@@](O)(c1ccco1)c1cccs1)c1ccc2c(c1)OCO2. The minimum Gasteiger partial charge on any atom is -0.466 e. The number of benzene rings is 1. The summed E-state index contributed by atoms with van der Waals surface area (Å²) in [5, 5.41) is 15.8. The highest BCUT2D eigenvalue weighted by atomic mass is 32.1. The van der Waals surface area contributed by atoms with Gasteiger partial charge in [-0.15, -0.1) is 11.3 Å². The van der Waals surface area contributed by atoms with Gasteiger partial charge in [0.1, 0.15) is 5.76 Å². The first-order valence-corrected chi connectivity index (χ1v) is 8.53. The van der Waals surface area contributed by atoms with Gasteiger partial charge in [0.25, 0.3) is 5.91 Å². The maximum Gasteiger partial charge on any atom is 0.251 e. The van der Waals surface area contributed by atoms with Crippen molar-refractivity contribution < 1.29 is 23.8 Å². The molecule has 2 aromatic heterocycles. The summed E-state index contributed by atoms with van der Waals surface area (Å²) in [6, 6.07) is 12.0. The maximum atomic E-state index is 12.5. The summed E-state index contributed by atoms with van der Waals surface area (Å²) in [7, 11) is 0. The molecular weight excluding hydrogens is 342 g/mol. The van der Waals surface area contributed by atoms with Crippen molar-refractivity contribution in [2.24, 2.45) is 0 Å². The number of rotatable bonds is 5. The van der Waals surface area contributed by atoms with Crippen LogP contribution in [0.15, 0.2) is 58.5 Å². The molecule has 4 rings (SSSR count). The Morgan fingerprint density at radius 2 is 2.08 bits per heavy atom. The second kappa shape index (κ2) is 6.27. The van der Waals surface area contributed by atoms with E-state index in [1.165, 1.54) is 17.6 Å². The van der Waals surface area contributed by atoms with Crippen LogP contribution in [0.2, 0.25) is 0 Å². The number of hydrogen-bond donors (Lipinski definition) is 2. The first-order valence-electron chi connectivity index (χ1n) is 7.65. The number of amides is 1. The van der Waals surface area contributed by atoms with E-state index in [2.05, 4.69) is 5.32 Å². The van der Waals surface area contributed by atoms with Crippen molar-refractivity contribution in [2.45, 2.75) is 5.60 Å². The number of furan rings is 1. The summed E-state index contributed by atoms with van der Waals surface area (Å²) in [4.78, 5) is 13.2. The van der Waals surface area contributed by atoms with Gasteiger partial charge in [0.15, 0.2) is 17.1 Å². The summed E-state index contributed by atoms with van der Waals surface area (Å²) in [5.74, 6) is 1.20. The smallest absolute Gasteiger partial charge is 0.251 e. The van der Waals surface area contributed by atoms with Gasteiger partial charge in [-0.05, 0) is 41.8 Å². The minimum absolute atomic E-state index is 0.0195. The van der Waals surface area contributed by atoms with E-state index >= 15 is 0 Å². The lowest BCUT2D eigenvalue weighted by Gasteiger charge is -2.25. The van der Waals surface area contributed by atoms with Gasteiger partial charge in [0.05, 0.1) is 12.8 Å². The number of thiophene rings is 1. The van der Waals surface area contributed by atoms with Crippen molar-refractivity contribution in [1.29, 1.82) is 0 Å². The number of hydrogen-bond acceptors (Lipinski definition) is 6. The molecule has 1 atom stereocenters. The van der Waals surface area contributed by atoms with E-state index in [1.54, 1.807) is 36.4 Å². The summed E-state index contributed by atoms with van der Waals surface area (Å²) >= 11 is 1.39. The van der Waals surface area contributed by atoms with Gasteiger partial charge in [0.2, 0.25) is 6.79 Å². The predicted octanol–water partition coefficient (Wildman–Crippen LogP) is 2.74. The first kappa shape index (κ1) is 15.7. The molecule has 3 aromatic rings. The number of ether oxygens (including phenoxy) is 2. The van der Waals surface area contributed by atoms with Crippen LogP contribution < -0.4 is 14.8 Å². The zero-order chi connectivity index (χ0) is 17.3. The van der Waals surface area contributed by atoms with Crippen molar-refractivity contribution in [1.82, 2.24) is 5.32 Å². The molecule has 7 heteroatoms. The Balaban J connectivity index is 1.55. The van der Waals surface area contributed by atoms with E-state index in [0.29, 0.717) is 27.7 Å². The lowest BCUT2D eigenvalue weighted by molar-refractivity contribution is 0.0554. The Labute approximate surface area is 147 Å². The highest BCUT2D eigenvalue weighted by Crippen LogP contribution is 2.34. The number of aliphatic hydroxyl groups is 1. The van der Waals surface area contributed by atoms with Crippen molar-refractivity contribution in [3.05, 3.63) is 70.3 Å². The number of fused-ring (bicyclic) bond motifs is 1. The quantitative estimate of drug-likeness (QED) is 0.734. The van der Waals surface area contributed by atoms with Gasteiger partial charge in [0, 0.05) is 10.4 Å². The minimum atomic E-state index is -1.43. The first-order chi connectivity index (χ1) is 12.2. The standard InChI is InChI=1S/C18H15NO5S/c20-17(12-5-6-13-14(9-12)24-11-23-13)19-10-18(21,15-3-1-7-22-15)16-4-2-8-25-16/h1-9,21H,10-11H2,(H,19,20)/t18-/m1/s1. The van der Waals surface area contributed by atoms with Crippen LogP contribution in [0.25, 0.3) is 0 Å². The van der Waals surface area contributed by atoms with Crippen molar-refractivity contribution in [3.63, 3.8) is 0 Å². The average molecular weight is 357 g/mol. The molecule has 128 valence electrons. The van der Waals surface area contributed by atoms with Crippen molar-refractivity contribution in [3.8, 4) is 11.5 Å². The van der Waals surface area contributed by atoms with Crippen LogP contribution in [-0.4, -0.2) is 24.4 Å². The summed E-state index contributed by atoms with van der Waals surface area (Å²) in [5.41, 5.74) is -0.999. The normalized spacial score (nSPS) is 14.9. The molecule has 0 aliphatic carbocycles. The number of carbonyl (C=O) groups is 1. The Morgan fingerprint density at radius 1 is 1.20 bits per heavy atom. The summed E-state index contributed by atoms with van der Waals surface area (Å²) in [6.45, 7) is 0.130. The van der Waals surface area contributed by atoms with Gasteiger partial charge >= 0.3 is 0 Å². The van der Waals surface area contributed by atoms with E-state index in [0.717, 1.165) is 0 Å². The van der Waals surface area contributed by atoms with Crippen LogP contribution in [0.3, 0.4) is 0 Å². The van der Waals surface area contributed by atoms with Crippen LogP contribution >= 0.6 is 11.3 Å². The second-order valence-corrected chi connectivity index (χ2v) is 6.51. The maximum absolute atomic E-state index is 12.5. The Bertz CT molecular complexity index is 839. The molecule has 0 fully saturated rings. The van der Waals surface area contributed by atoms with E-state index in [-0.39, 0.29) is 19.2 Å². The summed E-state index contributed by atoms with van der Waals surface area (Å²) in [6.07, 6.45) is 1.49. The zero-order valence-electron chi connectivity index (χ0n) is 13.1. The van der Waals surface area contributed by atoms with Crippen LogP contribution in [0, 0.1) is 0 Å². The van der Waals surface area contributed by atoms with E-state index in [1.807, 2.05) is 11.4 Å². The van der Waals surface area contributed by atoms with Gasteiger partial charge in [-0.2, -0.15) is 0 Å². The Kier molecular flexibility index (Phi) is 3.95. The topological polar surface area (TPSA) is 80.9 Å². The lowest BCUT2D eigenvalue weighted by atomic mass is 9.98. The average Bonchev–Trinajstić information content (AvgIpc) is 3.40. The highest BCUT2D eigenvalue weighted by Gasteiger charge is 2.36. The molecule has 0 spiro atoms. The van der Waals surface area contributed by atoms with Crippen LogP contribution in [0.4, 0.5) is 0 Å². The predicted molar refractivity (Wildman–Crippen MR) is 90.9 cm³/mol. The summed E-state index contributed by atoms with van der Waals surface area (Å²) < 4.78 is 15.9. The van der Waals surface area contributed by atoms with E-state index < -0.39 is 5.60 Å². The number of carbonyl (C=O) groups excluding carboxylic acids is 1. The molecule has 6 nitrogen and oxygen atoms in total. The largest absolute Gasteiger partial charge is 0.466 e. The molecule has 1 aromatic carbocycles. The molecule has 0 bridgehead atoms. The van der Waals surface area contributed by atoms with Crippen molar-refractivity contribution >= 4 is 17.2 Å². The molecule has 1 aliphatic rings. The molecular formula is C18H15NO5S. The van der Waals surface area contributed by atoms with Gasteiger partial charge in [-0.3, -0.25) is 4.79 Å². The highest BCUT2D eigenvalue weighted by molar-refractivity contribution is 7.10. The molecule has 1 aliphatic heterocycles. The third-order valence-electron chi connectivity index (χ3n) is 4.00. The fourth-order valence-corrected chi connectivity index (χ4v) is 3.50. The molecule has 1 amide bonds. The zero-order valence-corrected chi connectivity index (χ0v) is 13.9. The second-order valence-electron chi connectivity index (χ2n) is 5.57. The Hall–Kier alpha value is -2.77. The fraction of sp³-hybridized carbons (Fsp3) is 0.167. The number of nitrogens with one attached hydrogen (secondary N) is 1. The molecule has 0 unspecified atom stereocenters. The Morgan fingerprint density at radius 3 is 2.84 bits per heavy atom. The molecule has 0 saturated heterocycles. The van der Waals surface area contributed by atoms with E-state index in [9.17, 15) is 9.90 Å². The van der Waals surface area contributed by atoms with Crippen LogP contribution in [0.1, 0.15) is 21.0 Å². The monoisotopic (exact) mass is 357 g/mol. The van der Waals surface area contributed by atoms with Gasteiger partial charge in [-0.1, -0.05) is 6.07 Å².